The molecule has 5 nitrogen and oxygen atoms in total. The summed E-state index contributed by atoms with van der Waals surface area (Å²) in [5, 5.41) is 0.976. The predicted molar refractivity (Wildman–Crippen MR) is 129 cm³/mol. The van der Waals surface area contributed by atoms with Gasteiger partial charge in [-0.3, -0.25) is 9.78 Å². The number of hydrogen-bond acceptors (Lipinski definition) is 5. The lowest BCUT2D eigenvalue weighted by molar-refractivity contribution is 0.103. The Balaban J connectivity index is 0.00000272. The van der Waals surface area contributed by atoms with E-state index in [-0.39, 0.29) is 18.2 Å². The number of anilines is 1. The first-order valence-corrected chi connectivity index (χ1v) is 10.7. The van der Waals surface area contributed by atoms with Gasteiger partial charge in [0, 0.05) is 43.3 Å². The van der Waals surface area contributed by atoms with E-state index in [1.807, 2.05) is 56.3 Å². The fraction of sp³-hybridized carbons (Fsp3) is 0.360. The molecule has 1 saturated heterocycles. The number of fused-ring (bicyclic) bond motifs is 1. The van der Waals surface area contributed by atoms with E-state index < -0.39 is 0 Å². The molecule has 1 aliphatic rings. The van der Waals surface area contributed by atoms with Crippen LogP contribution in [0.2, 0.25) is 0 Å². The average molecular weight is 440 g/mol. The van der Waals surface area contributed by atoms with Gasteiger partial charge in [0.1, 0.15) is 5.75 Å². The maximum Gasteiger partial charge on any atom is 0.196 e. The van der Waals surface area contributed by atoms with Crippen molar-refractivity contribution in [3.63, 3.8) is 0 Å². The number of piperazine rings is 1. The molecule has 0 bridgehead atoms. The number of nitrogens with zero attached hydrogens (tertiary/aromatic N) is 3. The zero-order chi connectivity index (χ0) is 21.1. The first kappa shape index (κ1) is 23.0. The van der Waals surface area contributed by atoms with Crippen LogP contribution in [-0.2, 0) is 0 Å². The van der Waals surface area contributed by atoms with Crippen molar-refractivity contribution in [2.75, 3.05) is 44.2 Å². The minimum atomic E-state index is 0. The standard InChI is InChI=1S/C25H29N3O2.ClH/c1-4-27-12-14-28(15-13-27)24-21-16-20(30-5-2)10-11-23(21)26-17-22(24)25(29)19-8-6-18(3)7-9-19;/h6-11,16-17H,4-5,12-15H2,1-3H3;1H. The number of carbonyl (C=O) groups excluding carboxylic acids is 1. The molecule has 0 saturated carbocycles. The summed E-state index contributed by atoms with van der Waals surface area (Å²) >= 11 is 0. The van der Waals surface area contributed by atoms with E-state index in [9.17, 15) is 4.79 Å². The van der Waals surface area contributed by atoms with Gasteiger partial charge in [-0.15, -0.1) is 12.4 Å². The highest BCUT2D eigenvalue weighted by Crippen LogP contribution is 2.34. The SMILES string of the molecule is CCOc1ccc2ncc(C(=O)c3ccc(C)cc3)c(N3CCN(CC)CC3)c2c1.Cl. The largest absolute Gasteiger partial charge is 0.494 e. The van der Waals surface area contributed by atoms with Gasteiger partial charge in [0.15, 0.2) is 5.78 Å². The van der Waals surface area contributed by atoms with Gasteiger partial charge >= 0.3 is 0 Å². The van der Waals surface area contributed by atoms with E-state index in [0.29, 0.717) is 17.7 Å². The van der Waals surface area contributed by atoms with Crippen molar-refractivity contribution in [3.8, 4) is 5.75 Å². The van der Waals surface area contributed by atoms with Gasteiger partial charge in [-0.25, -0.2) is 0 Å². The van der Waals surface area contributed by atoms with Crippen LogP contribution in [0.5, 0.6) is 5.75 Å². The summed E-state index contributed by atoms with van der Waals surface area (Å²) in [5.74, 6) is 0.819. The van der Waals surface area contributed by atoms with E-state index in [0.717, 1.165) is 60.6 Å². The normalized spacial score (nSPS) is 14.4. The van der Waals surface area contributed by atoms with Crippen molar-refractivity contribution in [3.05, 3.63) is 65.4 Å². The van der Waals surface area contributed by atoms with Gasteiger partial charge in [0.2, 0.25) is 0 Å². The highest BCUT2D eigenvalue weighted by molar-refractivity contribution is 6.16. The molecule has 0 spiro atoms. The topological polar surface area (TPSA) is 45.7 Å². The monoisotopic (exact) mass is 439 g/mol. The summed E-state index contributed by atoms with van der Waals surface area (Å²) in [6, 6.07) is 13.7. The van der Waals surface area contributed by atoms with Crippen LogP contribution in [0.3, 0.4) is 0 Å². The number of ketones is 1. The summed E-state index contributed by atoms with van der Waals surface area (Å²) in [4.78, 5) is 22.9. The van der Waals surface area contributed by atoms with Crippen LogP contribution >= 0.6 is 12.4 Å². The molecule has 4 rings (SSSR count). The number of likely N-dealkylation sites (N-methyl/N-ethyl adjacent to an activating group) is 1. The minimum absolute atomic E-state index is 0. The van der Waals surface area contributed by atoms with Gasteiger partial charge in [-0.2, -0.15) is 0 Å². The number of hydrogen-bond donors (Lipinski definition) is 0. The molecular weight excluding hydrogens is 410 g/mol. The van der Waals surface area contributed by atoms with Gasteiger partial charge < -0.3 is 14.5 Å². The number of aryl methyl sites for hydroxylation is 1. The summed E-state index contributed by atoms with van der Waals surface area (Å²) in [5.41, 5.74) is 4.34. The summed E-state index contributed by atoms with van der Waals surface area (Å²) in [6.07, 6.45) is 1.74. The van der Waals surface area contributed by atoms with Crippen molar-refractivity contribution >= 4 is 34.8 Å². The first-order valence-electron chi connectivity index (χ1n) is 10.7. The summed E-state index contributed by atoms with van der Waals surface area (Å²) in [7, 11) is 0. The molecular formula is C25H30ClN3O2. The molecule has 0 atom stereocenters. The number of ether oxygens (including phenoxy) is 1. The molecule has 31 heavy (non-hydrogen) atoms. The second kappa shape index (κ2) is 10.1. The number of carbonyl (C=O) groups is 1. The molecule has 0 N–H and O–H groups in total. The minimum Gasteiger partial charge on any atom is -0.494 e. The molecule has 164 valence electrons. The van der Waals surface area contributed by atoms with Crippen LogP contribution in [0, 0.1) is 6.92 Å². The quantitative estimate of drug-likeness (QED) is 0.519. The lowest BCUT2D eigenvalue weighted by Gasteiger charge is -2.36. The Kier molecular flexibility index (Phi) is 7.52. The zero-order valence-electron chi connectivity index (χ0n) is 18.4. The molecule has 0 unspecified atom stereocenters. The summed E-state index contributed by atoms with van der Waals surface area (Å²) < 4.78 is 5.75. The van der Waals surface area contributed by atoms with Crippen molar-refractivity contribution in [2.24, 2.45) is 0 Å². The van der Waals surface area contributed by atoms with Crippen LogP contribution in [0.25, 0.3) is 10.9 Å². The predicted octanol–water partition coefficient (Wildman–Crippen LogP) is 4.74. The van der Waals surface area contributed by atoms with Crippen molar-refractivity contribution in [1.82, 2.24) is 9.88 Å². The molecule has 0 amide bonds. The fourth-order valence-electron chi connectivity index (χ4n) is 4.07. The Bertz CT molecular complexity index is 1040. The molecule has 1 fully saturated rings. The van der Waals surface area contributed by atoms with E-state index >= 15 is 0 Å². The Morgan fingerprint density at radius 3 is 2.39 bits per heavy atom. The third-order valence-electron chi connectivity index (χ3n) is 5.82. The third-order valence-corrected chi connectivity index (χ3v) is 5.82. The molecule has 3 aromatic rings. The van der Waals surface area contributed by atoms with Gasteiger partial charge in [0.05, 0.1) is 23.4 Å². The fourth-order valence-corrected chi connectivity index (χ4v) is 4.07. The van der Waals surface area contributed by atoms with Crippen LogP contribution in [0.4, 0.5) is 5.69 Å². The van der Waals surface area contributed by atoms with E-state index in [1.165, 1.54) is 0 Å². The van der Waals surface area contributed by atoms with Crippen LogP contribution in [0.1, 0.15) is 35.3 Å². The van der Waals surface area contributed by atoms with Crippen molar-refractivity contribution in [1.29, 1.82) is 0 Å². The lowest BCUT2D eigenvalue weighted by atomic mass is 9.98. The average Bonchev–Trinajstić information content (AvgIpc) is 2.78. The molecule has 1 aliphatic heterocycles. The number of aromatic nitrogens is 1. The number of rotatable bonds is 6. The number of pyridine rings is 1. The highest BCUT2D eigenvalue weighted by Gasteiger charge is 2.24. The lowest BCUT2D eigenvalue weighted by Crippen LogP contribution is -2.46. The van der Waals surface area contributed by atoms with Crippen molar-refractivity contribution < 1.29 is 9.53 Å². The molecule has 0 radical (unpaired) electrons. The number of benzene rings is 2. The Morgan fingerprint density at radius 2 is 1.74 bits per heavy atom. The second-order valence-corrected chi connectivity index (χ2v) is 7.75. The third kappa shape index (κ3) is 4.83. The second-order valence-electron chi connectivity index (χ2n) is 7.75. The maximum atomic E-state index is 13.5. The Hall–Kier alpha value is -2.63. The Labute approximate surface area is 190 Å². The Morgan fingerprint density at radius 1 is 1.03 bits per heavy atom. The van der Waals surface area contributed by atoms with Crippen LogP contribution < -0.4 is 9.64 Å². The van der Waals surface area contributed by atoms with Crippen LogP contribution in [0.15, 0.2) is 48.7 Å². The van der Waals surface area contributed by atoms with Crippen LogP contribution in [-0.4, -0.2) is 55.0 Å². The van der Waals surface area contributed by atoms with Crippen molar-refractivity contribution in [2.45, 2.75) is 20.8 Å². The number of halogens is 1. The van der Waals surface area contributed by atoms with E-state index in [2.05, 4.69) is 21.7 Å². The first-order chi connectivity index (χ1) is 14.6. The van der Waals surface area contributed by atoms with E-state index in [4.69, 9.17) is 4.74 Å². The molecule has 2 heterocycles. The maximum absolute atomic E-state index is 13.5. The highest BCUT2D eigenvalue weighted by atomic mass is 35.5. The smallest absolute Gasteiger partial charge is 0.196 e. The van der Waals surface area contributed by atoms with Gasteiger partial charge in [-0.1, -0.05) is 36.8 Å². The van der Waals surface area contributed by atoms with Gasteiger partial charge in [-0.05, 0) is 38.6 Å². The zero-order valence-corrected chi connectivity index (χ0v) is 19.2. The van der Waals surface area contributed by atoms with Gasteiger partial charge in [0.25, 0.3) is 0 Å². The summed E-state index contributed by atoms with van der Waals surface area (Å²) in [6.45, 7) is 11.6. The molecule has 0 aliphatic carbocycles. The molecule has 6 heteroatoms. The molecule has 2 aromatic carbocycles. The molecule has 1 aromatic heterocycles. The van der Waals surface area contributed by atoms with E-state index in [1.54, 1.807) is 6.20 Å².